The number of nitro groups is 1. The van der Waals surface area contributed by atoms with E-state index in [1.807, 2.05) is 0 Å². The lowest BCUT2D eigenvalue weighted by molar-refractivity contribution is -0.384. The van der Waals surface area contributed by atoms with Crippen LogP contribution in [0.15, 0.2) is 30.3 Å². The third-order valence-electron chi connectivity index (χ3n) is 2.10. The Morgan fingerprint density at radius 2 is 1.94 bits per heavy atom. The maximum atomic E-state index is 10.5. The molecule has 0 aliphatic heterocycles. The lowest BCUT2D eigenvalue weighted by Crippen LogP contribution is -1.97. The molecule has 0 fully saturated rings. The van der Waals surface area contributed by atoms with Crippen LogP contribution in [0.2, 0.25) is 0 Å². The number of nitrogen functional groups attached to an aromatic ring is 1. The van der Waals surface area contributed by atoms with Gasteiger partial charge in [0.15, 0.2) is 0 Å². The number of anilines is 1. The van der Waals surface area contributed by atoms with E-state index < -0.39 is 4.92 Å². The zero-order valence-electron chi connectivity index (χ0n) is 9.53. The van der Waals surface area contributed by atoms with Crippen molar-refractivity contribution in [1.82, 2.24) is 9.97 Å². The maximum Gasteiger partial charge on any atom is 0.269 e. The molecular formula is C11H10N4O3. The molecule has 0 unspecified atom stereocenters. The van der Waals surface area contributed by atoms with Crippen molar-refractivity contribution in [3.05, 3.63) is 46.3 Å². The third-order valence-corrected chi connectivity index (χ3v) is 2.10. The van der Waals surface area contributed by atoms with Crippen molar-refractivity contribution in [1.29, 1.82) is 0 Å². The Kier molecular flexibility index (Phi) is 3.05. The van der Waals surface area contributed by atoms with Crippen LogP contribution in [-0.4, -0.2) is 14.9 Å². The van der Waals surface area contributed by atoms with Crippen molar-refractivity contribution in [2.75, 3.05) is 5.73 Å². The molecule has 0 bridgehead atoms. The van der Waals surface area contributed by atoms with E-state index in [2.05, 4.69) is 9.97 Å². The monoisotopic (exact) mass is 246 g/mol. The van der Waals surface area contributed by atoms with Gasteiger partial charge in [-0.2, -0.15) is 4.98 Å². The minimum Gasteiger partial charge on any atom is -0.439 e. The number of nitrogens with zero attached hydrogens (tertiary/aromatic N) is 3. The van der Waals surface area contributed by atoms with Crippen LogP contribution < -0.4 is 10.5 Å². The third kappa shape index (κ3) is 2.70. The van der Waals surface area contributed by atoms with E-state index in [1.165, 1.54) is 30.3 Å². The maximum absolute atomic E-state index is 10.5. The highest BCUT2D eigenvalue weighted by Crippen LogP contribution is 2.23. The summed E-state index contributed by atoms with van der Waals surface area (Å²) in [6.07, 6.45) is 0. The normalized spacial score (nSPS) is 10.1. The van der Waals surface area contributed by atoms with Gasteiger partial charge in [-0.3, -0.25) is 10.1 Å². The molecule has 7 heteroatoms. The number of aromatic nitrogens is 2. The average molecular weight is 246 g/mol. The Morgan fingerprint density at radius 3 is 2.50 bits per heavy atom. The highest BCUT2D eigenvalue weighted by molar-refractivity contribution is 5.39. The van der Waals surface area contributed by atoms with Crippen LogP contribution in [-0.2, 0) is 0 Å². The molecular weight excluding hydrogens is 236 g/mol. The molecule has 0 saturated heterocycles. The van der Waals surface area contributed by atoms with Crippen LogP contribution in [0.5, 0.6) is 11.6 Å². The highest BCUT2D eigenvalue weighted by atomic mass is 16.6. The molecule has 1 heterocycles. The lowest BCUT2D eigenvalue weighted by atomic mass is 10.3. The summed E-state index contributed by atoms with van der Waals surface area (Å²) >= 11 is 0. The summed E-state index contributed by atoms with van der Waals surface area (Å²) in [6.45, 7) is 1.69. The number of non-ortho nitro benzene ring substituents is 1. The second-order valence-electron chi connectivity index (χ2n) is 3.53. The largest absolute Gasteiger partial charge is 0.439 e. The zero-order valence-corrected chi connectivity index (χ0v) is 9.53. The number of aryl methyl sites for hydroxylation is 1. The van der Waals surface area contributed by atoms with Crippen LogP contribution in [0, 0.1) is 17.0 Å². The molecule has 0 atom stereocenters. The summed E-state index contributed by atoms with van der Waals surface area (Å²) in [4.78, 5) is 18.0. The van der Waals surface area contributed by atoms with E-state index in [0.29, 0.717) is 23.3 Å². The molecule has 1 aromatic heterocycles. The van der Waals surface area contributed by atoms with Crippen LogP contribution >= 0.6 is 0 Å². The van der Waals surface area contributed by atoms with E-state index in [1.54, 1.807) is 6.92 Å². The summed E-state index contributed by atoms with van der Waals surface area (Å²) in [5.41, 5.74) is 5.56. The Labute approximate surface area is 102 Å². The molecule has 0 aliphatic carbocycles. The van der Waals surface area contributed by atoms with Crippen molar-refractivity contribution in [2.45, 2.75) is 6.92 Å². The molecule has 0 radical (unpaired) electrons. The van der Waals surface area contributed by atoms with Gasteiger partial charge in [-0.15, -0.1) is 0 Å². The smallest absolute Gasteiger partial charge is 0.269 e. The molecule has 2 N–H and O–H groups in total. The molecule has 7 nitrogen and oxygen atoms in total. The molecule has 0 aliphatic rings. The van der Waals surface area contributed by atoms with Gasteiger partial charge >= 0.3 is 0 Å². The molecule has 0 amide bonds. The Hall–Kier alpha value is -2.70. The number of hydrogen-bond acceptors (Lipinski definition) is 6. The summed E-state index contributed by atoms with van der Waals surface area (Å²) in [5.74, 6) is 1.54. The fraction of sp³-hybridized carbons (Fsp3) is 0.0909. The van der Waals surface area contributed by atoms with Crippen LogP contribution in [0.4, 0.5) is 11.5 Å². The van der Waals surface area contributed by atoms with Gasteiger partial charge in [0.2, 0.25) is 5.88 Å². The second kappa shape index (κ2) is 4.66. The number of nitrogens with two attached hydrogens (primary N) is 1. The number of nitro benzene ring substituents is 1. The van der Waals surface area contributed by atoms with E-state index >= 15 is 0 Å². The number of rotatable bonds is 3. The first-order chi connectivity index (χ1) is 8.54. The van der Waals surface area contributed by atoms with Crippen LogP contribution in [0.3, 0.4) is 0 Å². The van der Waals surface area contributed by atoms with Gasteiger partial charge in [-0.25, -0.2) is 4.98 Å². The minimum absolute atomic E-state index is 0.000678. The molecule has 2 rings (SSSR count). The fourth-order valence-corrected chi connectivity index (χ4v) is 1.37. The van der Waals surface area contributed by atoms with Crippen LogP contribution in [0.25, 0.3) is 0 Å². The Bertz CT molecular complexity index is 563. The summed E-state index contributed by atoms with van der Waals surface area (Å²) in [7, 11) is 0. The SMILES string of the molecule is Cc1nc(N)cc(Oc2ccc([N+](=O)[O-])cc2)n1. The van der Waals surface area contributed by atoms with Crippen molar-refractivity contribution < 1.29 is 9.66 Å². The average Bonchev–Trinajstić information content (AvgIpc) is 2.28. The fourth-order valence-electron chi connectivity index (χ4n) is 1.37. The van der Waals surface area contributed by atoms with E-state index in [9.17, 15) is 10.1 Å². The first-order valence-electron chi connectivity index (χ1n) is 5.08. The summed E-state index contributed by atoms with van der Waals surface area (Å²) in [6, 6.07) is 7.17. The van der Waals surface area contributed by atoms with E-state index in [0.717, 1.165) is 0 Å². The summed E-state index contributed by atoms with van der Waals surface area (Å²) < 4.78 is 5.42. The second-order valence-corrected chi connectivity index (χ2v) is 3.53. The molecule has 2 aromatic rings. The van der Waals surface area contributed by atoms with Crippen molar-refractivity contribution in [2.24, 2.45) is 0 Å². The zero-order chi connectivity index (χ0) is 13.1. The van der Waals surface area contributed by atoms with Gasteiger partial charge < -0.3 is 10.5 Å². The molecule has 1 aromatic carbocycles. The topological polar surface area (TPSA) is 104 Å². The van der Waals surface area contributed by atoms with Crippen molar-refractivity contribution in [3.8, 4) is 11.6 Å². The predicted octanol–water partition coefficient (Wildman–Crippen LogP) is 2.07. The van der Waals surface area contributed by atoms with E-state index in [-0.39, 0.29) is 5.69 Å². The van der Waals surface area contributed by atoms with Crippen molar-refractivity contribution >= 4 is 11.5 Å². The molecule has 0 spiro atoms. The quantitative estimate of drug-likeness (QED) is 0.656. The number of benzene rings is 1. The minimum atomic E-state index is -0.476. The summed E-state index contributed by atoms with van der Waals surface area (Å²) in [5, 5.41) is 10.5. The van der Waals surface area contributed by atoms with E-state index in [4.69, 9.17) is 10.5 Å². The molecule has 0 saturated carbocycles. The van der Waals surface area contributed by atoms with Gasteiger partial charge in [0.25, 0.3) is 5.69 Å². The Balaban J connectivity index is 2.20. The van der Waals surface area contributed by atoms with Crippen molar-refractivity contribution in [3.63, 3.8) is 0 Å². The Morgan fingerprint density at radius 1 is 1.28 bits per heavy atom. The van der Waals surface area contributed by atoms with Gasteiger partial charge in [-0.1, -0.05) is 0 Å². The molecule has 92 valence electrons. The first-order valence-corrected chi connectivity index (χ1v) is 5.08. The first kappa shape index (κ1) is 11.8. The van der Waals surface area contributed by atoms with Gasteiger partial charge in [0.05, 0.1) is 4.92 Å². The standard InChI is InChI=1S/C11H10N4O3/c1-7-13-10(12)6-11(14-7)18-9-4-2-8(3-5-9)15(16)17/h2-6H,1H3,(H2,12,13,14). The molecule has 18 heavy (non-hydrogen) atoms. The van der Waals surface area contributed by atoms with Gasteiger partial charge in [0, 0.05) is 18.2 Å². The van der Waals surface area contributed by atoms with Crippen LogP contribution in [0.1, 0.15) is 5.82 Å². The number of ether oxygens (including phenoxy) is 1. The number of hydrogen-bond donors (Lipinski definition) is 1. The van der Waals surface area contributed by atoms with Gasteiger partial charge in [0.1, 0.15) is 17.4 Å². The highest BCUT2D eigenvalue weighted by Gasteiger charge is 2.06. The lowest BCUT2D eigenvalue weighted by Gasteiger charge is -2.05. The predicted molar refractivity (Wildman–Crippen MR) is 64.4 cm³/mol. The van der Waals surface area contributed by atoms with Gasteiger partial charge in [-0.05, 0) is 19.1 Å².